The fraction of sp³-hybridized carbons (Fsp3) is 0.161. The number of carbonyl (C=O) groups excluding carboxylic acids is 2. The molecule has 1 aliphatic heterocycles. The molecule has 192 valence electrons. The maximum absolute atomic E-state index is 13.8. The highest BCUT2D eigenvalue weighted by Crippen LogP contribution is 2.41. The summed E-state index contributed by atoms with van der Waals surface area (Å²) in [5.74, 6) is -0.501. The lowest BCUT2D eigenvalue weighted by molar-refractivity contribution is -0.131. The van der Waals surface area contributed by atoms with Crippen molar-refractivity contribution in [1.29, 1.82) is 0 Å². The van der Waals surface area contributed by atoms with Gasteiger partial charge in [-0.1, -0.05) is 84.9 Å². The Bertz CT molecular complexity index is 1620. The van der Waals surface area contributed by atoms with Gasteiger partial charge < -0.3 is 10.2 Å². The van der Waals surface area contributed by atoms with Crippen molar-refractivity contribution in [2.24, 2.45) is 0 Å². The summed E-state index contributed by atoms with van der Waals surface area (Å²) in [5.41, 5.74) is 3.68. The number of fused-ring (bicyclic) bond motifs is 1. The van der Waals surface area contributed by atoms with E-state index in [1.54, 1.807) is 36.1 Å². The molecular weight excluding hydrogens is 496 g/mol. The molecule has 0 aliphatic carbocycles. The van der Waals surface area contributed by atoms with Gasteiger partial charge in [0.2, 0.25) is 0 Å². The Hall–Kier alpha value is -4.23. The number of carbonyl (C=O) groups is 2. The number of nitrogens with one attached hydrogen (secondary N) is 1. The van der Waals surface area contributed by atoms with Crippen molar-refractivity contribution < 1.29 is 18.0 Å². The summed E-state index contributed by atoms with van der Waals surface area (Å²) in [5, 5.41) is 2.98. The van der Waals surface area contributed by atoms with E-state index in [1.807, 2.05) is 66.7 Å². The molecule has 4 aromatic rings. The van der Waals surface area contributed by atoms with Gasteiger partial charge in [0.1, 0.15) is 5.54 Å². The molecular formula is C31H28N2O4S. The lowest BCUT2D eigenvalue weighted by Gasteiger charge is -2.35. The molecule has 0 fully saturated rings. The molecule has 0 aromatic heterocycles. The van der Waals surface area contributed by atoms with Gasteiger partial charge in [0.05, 0.1) is 4.90 Å². The number of rotatable bonds is 7. The monoisotopic (exact) mass is 524 g/mol. The number of sulfone groups is 1. The van der Waals surface area contributed by atoms with Gasteiger partial charge in [-0.05, 0) is 52.9 Å². The zero-order chi connectivity index (χ0) is 26.9. The van der Waals surface area contributed by atoms with Crippen LogP contribution in [0.25, 0.3) is 11.1 Å². The minimum Gasteiger partial charge on any atom is -0.350 e. The van der Waals surface area contributed by atoms with Crippen LogP contribution in [0.5, 0.6) is 0 Å². The van der Waals surface area contributed by atoms with Gasteiger partial charge in [0.25, 0.3) is 11.8 Å². The molecule has 5 rings (SSSR count). The average Bonchev–Trinajstić information content (AvgIpc) is 3.15. The van der Waals surface area contributed by atoms with E-state index in [-0.39, 0.29) is 29.8 Å². The van der Waals surface area contributed by atoms with Crippen molar-refractivity contribution in [3.63, 3.8) is 0 Å². The number of hydrogen-bond donors (Lipinski definition) is 1. The predicted molar refractivity (Wildman–Crippen MR) is 147 cm³/mol. The summed E-state index contributed by atoms with van der Waals surface area (Å²) < 4.78 is 23.5. The molecule has 1 heterocycles. The highest BCUT2D eigenvalue weighted by molar-refractivity contribution is 7.90. The van der Waals surface area contributed by atoms with Crippen LogP contribution in [-0.4, -0.2) is 31.4 Å². The minimum atomic E-state index is -3.31. The third-order valence-corrected chi connectivity index (χ3v) is 8.27. The number of hydrogen-bond acceptors (Lipinski definition) is 4. The van der Waals surface area contributed by atoms with Gasteiger partial charge in [0.15, 0.2) is 9.84 Å². The van der Waals surface area contributed by atoms with Gasteiger partial charge in [-0.3, -0.25) is 9.59 Å². The van der Waals surface area contributed by atoms with E-state index in [0.717, 1.165) is 28.5 Å². The highest BCUT2D eigenvalue weighted by atomic mass is 32.2. The van der Waals surface area contributed by atoms with Crippen molar-refractivity contribution in [1.82, 2.24) is 10.2 Å². The Morgan fingerprint density at radius 2 is 1.42 bits per heavy atom. The normalized spacial score (nSPS) is 16.8. The van der Waals surface area contributed by atoms with E-state index in [4.69, 9.17) is 0 Å². The average molecular weight is 525 g/mol. The molecule has 1 aliphatic rings. The van der Waals surface area contributed by atoms with Crippen LogP contribution in [0.4, 0.5) is 0 Å². The van der Waals surface area contributed by atoms with Crippen LogP contribution >= 0.6 is 0 Å². The fourth-order valence-electron chi connectivity index (χ4n) is 5.00. The molecule has 0 bridgehead atoms. The Labute approximate surface area is 222 Å². The van der Waals surface area contributed by atoms with Crippen molar-refractivity contribution in [2.45, 2.75) is 30.4 Å². The second-order valence-corrected chi connectivity index (χ2v) is 11.6. The van der Waals surface area contributed by atoms with Crippen molar-refractivity contribution in [2.75, 3.05) is 6.26 Å². The van der Waals surface area contributed by atoms with E-state index in [0.29, 0.717) is 11.1 Å². The van der Waals surface area contributed by atoms with Crippen molar-refractivity contribution in [3.05, 3.63) is 125 Å². The molecule has 1 unspecified atom stereocenters. The predicted octanol–water partition coefficient (Wildman–Crippen LogP) is 4.94. The van der Waals surface area contributed by atoms with E-state index < -0.39 is 15.4 Å². The summed E-state index contributed by atoms with van der Waals surface area (Å²) in [7, 11) is -3.31. The summed E-state index contributed by atoms with van der Waals surface area (Å²) in [6.45, 7) is 2.23. The second kappa shape index (κ2) is 9.91. The van der Waals surface area contributed by atoms with Crippen LogP contribution in [0.2, 0.25) is 0 Å². The summed E-state index contributed by atoms with van der Waals surface area (Å²) in [4.78, 5) is 29.4. The minimum absolute atomic E-state index is 0.196. The zero-order valence-electron chi connectivity index (χ0n) is 21.2. The van der Waals surface area contributed by atoms with Crippen molar-refractivity contribution >= 4 is 21.7 Å². The quantitative estimate of drug-likeness (QED) is 0.371. The summed E-state index contributed by atoms with van der Waals surface area (Å²) in [6, 6.07) is 31.5. The first-order valence-corrected chi connectivity index (χ1v) is 14.2. The molecule has 4 aromatic carbocycles. The standard InChI is InChI=1S/C31H28N2O4S/c1-31(30(35)32-20-22-16-18-25(19-17-22)38(2,36)37)28-15-9-8-14-27(28)29(34)33(31)21-24-12-6-7-13-26(24)23-10-4-3-5-11-23/h3-19H,20-21H2,1-2H3,(H,32,35). The lowest BCUT2D eigenvalue weighted by atomic mass is 9.89. The first-order valence-electron chi connectivity index (χ1n) is 12.3. The highest BCUT2D eigenvalue weighted by Gasteiger charge is 2.51. The van der Waals surface area contributed by atoms with E-state index >= 15 is 0 Å². The largest absolute Gasteiger partial charge is 0.350 e. The van der Waals surface area contributed by atoms with Gasteiger partial charge in [-0.25, -0.2) is 8.42 Å². The van der Waals surface area contributed by atoms with E-state index in [9.17, 15) is 18.0 Å². The maximum Gasteiger partial charge on any atom is 0.255 e. The van der Waals surface area contributed by atoms with Crippen LogP contribution in [0, 0.1) is 0 Å². The number of nitrogens with zero attached hydrogens (tertiary/aromatic N) is 1. The Balaban J connectivity index is 1.46. The van der Waals surface area contributed by atoms with E-state index in [1.165, 1.54) is 12.1 Å². The molecule has 2 amide bonds. The number of amides is 2. The molecule has 0 saturated carbocycles. The molecule has 0 spiro atoms. The molecule has 7 heteroatoms. The van der Waals surface area contributed by atoms with Crippen LogP contribution in [0.1, 0.15) is 34.0 Å². The van der Waals surface area contributed by atoms with E-state index in [2.05, 4.69) is 5.32 Å². The second-order valence-electron chi connectivity index (χ2n) is 9.63. The number of benzene rings is 4. The van der Waals surface area contributed by atoms with Crippen LogP contribution < -0.4 is 5.32 Å². The molecule has 1 atom stereocenters. The molecule has 38 heavy (non-hydrogen) atoms. The van der Waals surface area contributed by atoms with Crippen molar-refractivity contribution in [3.8, 4) is 11.1 Å². The molecule has 0 saturated heterocycles. The maximum atomic E-state index is 13.8. The van der Waals surface area contributed by atoms with Gasteiger partial charge in [0, 0.05) is 24.9 Å². The first-order chi connectivity index (χ1) is 18.2. The third-order valence-electron chi connectivity index (χ3n) is 7.14. The van der Waals surface area contributed by atoms with Gasteiger partial charge in [-0.2, -0.15) is 0 Å². The zero-order valence-corrected chi connectivity index (χ0v) is 22.0. The topological polar surface area (TPSA) is 83.5 Å². The van der Waals surface area contributed by atoms with Crippen LogP contribution in [0.15, 0.2) is 108 Å². The SMILES string of the molecule is CC1(C(=O)NCc2ccc(S(C)(=O)=O)cc2)c2ccccc2C(=O)N1Cc1ccccc1-c1ccccc1. The van der Waals surface area contributed by atoms with Crippen LogP contribution in [-0.2, 0) is 33.3 Å². The smallest absolute Gasteiger partial charge is 0.255 e. The van der Waals surface area contributed by atoms with Gasteiger partial charge >= 0.3 is 0 Å². The summed E-state index contributed by atoms with van der Waals surface area (Å²) >= 11 is 0. The van der Waals surface area contributed by atoms with Crippen LogP contribution in [0.3, 0.4) is 0 Å². The fourth-order valence-corrected chi connectivity index (χ4v) is 5.63. The molecule has 1 N–H and O–H groups in total. The third kappa shape index (κ3) is 4.61. The first kappa shape index (κ1) is 25.4. The van der Waals surface area contributed by atoms with Gasteiger partial charge in [-0.15, -0.1) is 0 Å². The Kier molecular flexibility index (Phi) is 6.63. The Morgan fingerprint density at radius 3 is 2.11 bits per heavy atom. The lowest BCUT2D eigenvalue weighted by Crippen LogP contribution is -2.52. The molecule has 0 radical (unpaired) electrons. The summed E-state index contributed by atoms with van der Waals surface area (Å²) in [6.07, 6.45) is 1.16. The molecule has 6 nitrogen and oxygen atoms in total. The Morgan fingerprint density at radius 1 is 0.816 bits per heavy atom.